The number of esters is 1. The quantitative estimate of drug-likeness (QED) is 0.368. The first-order valence-corrected chi connectivity index (χ1v) is 14.9. The number of benzene rings is 1. The molecule has 11 nitrogen and oxygen atoms in total. The standard InChI is InChI=1S/C30H43N5O6/c1-21(2)30(40)41-20-22-8-10-23(11-9-22)32-29(39)25-5-4-14-35(25)28(38)19-31-26(36)6-3-7-27(37)34-17-15-33(16-18-34)24-12-13-24/h8-11,21,24-25H,3-7,12-20H2,1-2H3,(H,31,36)(H,32,39). The summed E-state index contributed by atoms with van der Waals surface area (Å²) in [6.07, 6.45) is 4.73. The van der Waals surface area contributed by atoms with Gasteiger partial charge in [-0.2, -0.15) is 0 Å². The molecule has 3 aliphatic rings. The number of amides is 4. The number of hydrogen-bond donors (Lipinski definition) is 2. The summed E-state index contributed by atoms with van der Waals surface area (Å²) in [6, 6.07) is 7.13. The number of piperazine rings is 1. The van der Waals surface area contributed by atoms with Gasteiger partial charge in [0.15, 0.2) is 0 Å². The molecule has 2 aliphatic heterocycles. The van der Waals surface area contributed by atoms with Crippen LogP contribution < -0.4 is 10.6 Å². The van der Waals surface area contributed by atoms with Gasteiger partial charge in [-0.05, 0) is 49.8 Å². The Hall–Kier alpha value is -3.47. The number of rotatable bonds is 12. The first-order valence-electron chi connectivity index (χ1n) is 14.9. The molecule has 41 heavy (non-hydrogen) atoms. The Bertz CT molecular complexity index is 1100. The fourth-order valence-electron chi connectivity index (χ4n) is 5.27. The summed E-state index contributed by atoms with van der Waals surface area (Å²) in [5, 5.41) is 5.50. The van der Waals surface area contributed by atoms with Gasteiger partial charge in [-0.3, -0.25) is 28.9 Å². The molecule has 2 N–H and O–H groups in total. The monoisotopic (exact) mass is 569 g/mol. The highest BCUT2D eigenvalue weighted by Crippen LogP contribution is 2.27. The van der Waals surface area contributed by atoms with Crippen LogP contribution in [0.3, 0.4) is 0 Å². The molecule has 4 amide bonds. The minimum Gasteiger partial charge on any atom is -0.461 e. The smallest absolute Gasteiger partial charge is 0.308 e. The lowest BCUT2D eigenvalue weighted by atomic mass is 10.1. The number of carbonyl (C=O) groups excluding carboxylic acids is 5. The molecule has 3 fully saturated rings. The van der Waals surface area contributed by atoms with Crippen LogP contribution in [0, 0.1) is 5.92 Å². The van der Waals surface area contributed by atoms with E-state index >= 15 is 0 Å². The van der Waals surface area contributed by atoms with Gasteiger partial charge in [0.2, 0.25) is 23.6 Å². The van der Waals surface area contributed by atoms with Crippen LogP contribution in [0.25, 0.3) is 0 Å². The molecular formula is C30H43N5O6. The molecule has 1 saturated carbocycles. The van der Waals surface area contributed by atoms with Gasteiger partial charge in [0.05, 0.1) is 12.5 Å². The molecule has 11 heteroatoms. The summed E-state index contributed by atoms with van der Waals surface area (Å²) in [5.41, 5.74) is 1.39. The summed E-state index contributed by atoms with van der Waals surface area (Å²) in [5.74, 6) is -1.24. The van der Waals surface area contributed by atoms with Crippen LogP contribution in [-0.4, -0.2) is 95.6 Å². The van der Waals surface area contributed by atoms with Crippen LogP contribution >= 0.6 is 0 Å². The second-order valence-corrected chi connectivity index (χ2v) is 11.5. The van der Waals surface area contributed by atoms with E-state index in [1.807, 2.05) is 4.90 Å². The van der Waals surface area contributed by atoms with Gasteiger partial charge in [0.1, 0.15) is 12.6 Å². The first-order chi connectivity index (χ1) is 19.7. The topological polar surface area (TPSA) is 128 Å². The molecular weight excluding hydrogens is 526 g/mol. The van der Waals surface area contributed by atoms with E-state index < -0.39 is 6.04 Å². The lowest BCUT2D eigenvalue weighted by molar-refractivity contribution is -0.148. The third kappa shape index (κ3) is 9.01. The van der Waals surface area contributed by atoms with E-state index in [0.717, 1.165) is 37.8 Å². The van der Waals surface area contributed by atoms with Crippen molar-refractivity contribution in [2.75, 3.05) is 44.6 Å². The molecule has 2 heterocycles. The average molecular weight is 570 g/mol. The highest BCUT2D eigenvalue weighted by molar-refractivity contribution is 5.98. The average Bonchev–Trinajstić information content (AvgIpc) is 3.70. The summed E-state index contributed by atoms with van der Waals surface area (Å²) < 4.78 is 5.22. The molecule has 1 aliphatic carbocycles. The van der Waals surface area contributed by atoms with E-state index in [-0.39, 0.29) is 55.1 Å². The lowest BCUT2D eigenvalue weighted by Crippen LogP contribution is -2.49. The van der Waals surface area contributed by atoms with Gasteiger partial charge in [-0.1, -0.05) is 26.0 Å². The minimum atomic E-state index is -0.607. The largest absolute Gasteiger partial charge is 0.461 e. The Morgan fingerprint density at radius 2 is 1.61 bits per heavy atom. The van der Waals surface area contributed by atoms with E-state index in [2.05, 4.69) is 15.5 Å². The maximum atomic E-state index is 12.9. The summed E-state index contributed by atoms with van der Waals surface area (Å²) in [7, 11) is 0. The molecule has 2 saturated heterocycles. The molecule has 0 spiro atoms. The van der Waals surface area contributed by atoms with E-state index in [1.54, 1.807) is 38.1 Å². The molecule has 224 valence electrons. The van der Waals surface area contributed by atoms with Gasteiger partial charge >= 0.3 is 5.97 Å². The van der Waals surface area contributed by atoms with E-state index in [0.29, 0.717) is 37.9 Å². The normalized spacial score (nSPS) is 19.2. The zero-order chi connectivity index (χ0) is 29.4. The molecule has 1 aromatic rings. The van der Waals surface area contributed by atoms with E-state index in [9.17, 15) is 24.0 Å². The number of hydrogen-bond acceptors (Lipinski definition) is 7. The van der Waals surface area contributed by atoms with Crippen molar-refractivity contribution in [3.63, 3.8) is 0 Å². The van der Waals surface area contributed by atoms with Crippen LogP contribution in [0.1, 0.15) is 64.4 Å². The summed E-state index contributed by atoms with van der Waals surface area (Å²) in [6.45, 7) is 7.34. The van der Waals surface area contributed by atoms with Crippen LogP contribution in [0.4, 0.5) is 5.69 Å². The van der Waals surface area contributed by atoms with Crippen molar-refractivity contribution in [3.8, 4) is 0 Å². The van der Waals surface area contributed by atoms with Gasteiger partial charge in [-0.25, -0.2) is 0 Å². The van der Waals surface area contributed by atoms with Crippen molar-refractivity contribution in [1.82, 2.24) is 20.0 Å². The van der Waals surface area contributed by atoms with Gasteiger partial charge in [0, 0.05) is 57.3 Å². The summed E-state index contributed by atoms with van der Waals surface area (Å²) in [4.78, 5) is 68.1. The van der Waals surface area contributed by atoms with Crippen molar-refractivity contribution in [2.45, 2.75) is 77.5 Å². The highest BCUT2D eigenvalue weighted by Gasteiger charge is 2.34. The number of nitrogens with zero attached hydrogens (tertiary/aromatic N) is 3. The Morgan fingerprint density at radius 3 is 2.27 bits per heavy atom. The fraction of sp³-hybridized carbons (Fsp3) is 0.633. The highest BCUT2D eigenvalue weighted by atomic mass is 16.5. The van der Waals surface area contributed by atoms with Crippen molar-refractivity contribution < 1.29 is 28.7 Å². The fourth-order valence-corrected chi connectivity index (χ4v) is 5.27. The summed E-state index contributed by atoms with van der Waals surface area (Å²) >= 11 is 0. The number of anilines is 1. The number of ether oxygens (including phenoxy) is 1. The second-order valence-electron chi connectivity index (χ2n) is 11.5. The van der Waals surface area contributed by atoms with Gasteiger partial charge in [0.25, 0.3) is 0 Å². The first kappa shape index (κ1) is 30.5. The van der Waals surface area contributed by atoms with Gasteiger partial charge < -0.3 is 25.2 Å². The second kappa shape index (κ2) is 14.4. The molecule has 1 atom stereocenters. The molecule has 0 radical (unpaired) electrons. The van der Waals surface area contributed by atoms with Gasteiger partial charge in [-0.15, -0.1) is 0 Å². The van der Waals surface area contributed by atoms with Crippen molar-refractivity contribution in [3.05, 3.63) is 29.8 Å². The maximum absolute atomic E-state index is 12.9. The third-order valence-corrected chi connectivity index (χ3v) is 7.91. The molecule has 1 unspecified atom stereocenters. The molecule has 1 aromatic carbocycles. The Morgan fingerprint density at radius 1 is 0.902 bits per heavy atom. The van der Waals surface area contributed by atoms with E-state index in [4.69, 9.17) is 4.74 Å². The maximum Gasteiger partial charge on any atom is 0.308 e. The Balaban J connectivity index is 1.13. The van der Waals surface area contributed by atoms with Crippen LogP contribution in [0.5, 0.6) is 0 Å². The third-order valence-electron chi connectivity index (χ3n) is 7.91. The predicted octanol–water partition coefficient (Wildman–Crippen LogP) is 1.91. The SMILES string of the molecule is CC(C)C(=O)OCc1ccc(NC(=O)C2CCCN2C(=O)CNC(=O)CCCC(=O)N2CCN(C3CC3)CC2)cc1. The molecule has 0 aromatic heterocycles. The van der Waals surface area contributed by atoms with Crippen LogP contribution in [0.2, 0.25) is 0 Å². The Labute approximate surface area is 241 Å². The van der Waals surface area contributed by atoms with E-state index in [1.165, 1.54) is 17.7 Å². The van der Waals surface area contributed by atoms with Crippen LogP contribution in [-0.2, 0) is 35.3 Å². The number of carbonyl (C=O) groups is 5. The zero-order valence-electron chi connectivity index (χ0n) is 24.2. The van der Waals surface area contributed by atoms with Crippen molar-refractivity contribution in [1.29, 1.82) is 0 Å². The lowest BCUT2D eigenvalue weighted by Gasteiger charge is -2.34. The molecule has 0 bridgehead atoms. The predicted molar refractivity (Wildman–Crippen MR) is 152 cm³/mol. The number of nitrogens with one attached hydrogen (secondary N) is 2. The molecule has 4 rings (SSSR count). The zero-order valence-corrected chi connectivity index (χ0v) is 24.2. The van der Waals surface area contributed by atoms with Crippen molar-refractivity contribution in [2.24, 2.45) is 5.92 Å². The Kier molecular flexibility index (Phi) is 10.7. The minimum absolute atomic E-state index is 0.0828. The van der Waals surface area contributed by atoms with Crippen molar-refractivity contribution >= 4 is 35.3 Å². The van der Waals surface area contributed by atoms with Crippen LogP contribution in [0.15, 0.2) is 24.3 Å². The number of likely N-dealkylation sites (tertiary alicyclic amines) is 1.